The van der Waals surface area contributed by atoms with E-state index in [1.807, 2.05) is 0 Å². The lowest BCUT2D eigenvalue weighted by molar-refractivity contribution is -0.386. The van der Waals surface area contributed by atoms with Gasteiger partial charge >= 0.3 is 6.18 Å². The fraction of sp³-hybridized carbons (Fsp3) is 0.250. The van der Waals surface area contributed by atoms with Crippen LogP contribution in [0.25, 0.3) is 0 Å². The molecule has 0 aliphatic rings. The second-order valence-electron chi connectivity index (χ2n) is 2.53. The highest BCUT2D eigenvalue weighted by Gasteiger charge is 2.33. The van der Waals surface area contributed by atoms with Crippen LogP contribution in [-0.2, 0) is 12.7 Å². The molecule has 0 aromatic heterocycles. The Bertz CT molecular complexity index is 309. The predicted molar refractivity (Wildman–Crippen MR) is 43.0 cm³/mol. The van der Waals surface area contributed by atoms with Gasteiger partial charge in [-0.2, -0.15) is 13.2 Å². The van der Waals surface area contributed by atoms with E-state index in [2.05, 4.69) is 5.73 Å². The Hall–Kier alpha value is -0.740. The summed E-state index contributed by atoms with van der Waals surface area (Å²) < 4.78 is 36.8. The zero-order valence-electron chi connectivity index (χ0n) is 6.66. The highest BCUT2D eigenvalue weighted by molar-refractivity contribution is 6.32. The standard InChI is InChI=1S/C8H7ClF3N/c9-7-5(4-13)2-1-3-6(7)8(10,11)12/h1-3H,4,13H2/p+1. The van der Waals surface area contributed by atoms with Gasteiger partial charge in [0.2, 0.25) is 0 Å². The van der Waals surface area contributed by atoms with Crippen LogP contribution in [0.2, 0.25) is 5.02 Å². The fourth-order valence-corrected chi connectivity index (χ4v) is 1.32. The molecule has 72 valence electrons. The Morgan fingerprint density at radius 3 is 2.38 bits per heavy atom. The van der Waals surface area contributed by atoms with Gasteiger partial charge in [-0.05, 0) is 6.07 Å². The minimum Gasteiger partial charge on any atom is -0.354 e. The van der Waals surface area contributed by atoms with E-state index in [-0.39, 0.29) is 11.6 Å². The van der Waals surface area contributed by atoms with Gasteiger partial charge in [0.25, 0.3) is 0 Å². The second-order valence-corrected chi connectivity index (χ2v) is 2.90. The molecule has 1 nitrogen and oxygen atoms in total. The molecule has 0 atom stereocenters. The number of rotatable bonds is 1. The fourth-order valence-electron chi connectivity index (χ4n) is 0.992. The molecule has 0 heterocycles. The maximum Gasteiger partial charge on any atom is 0.417 e. The Morgan fingerprint density at radius 1 is 1.31 bits per heavy atom. The molecule has 0 bridgehead atoms. The third kappa shape index (κ3) is 2.14. The lowest BCUT2D eigenvalue weighted by atomic mass is 10.1. The van der Waals surface area contributed by atoms with Gasteiger partial charge in [0.15, 0.2) is 0 Å². The van der Waals surface area contributed by atoms with E-state index >= 15 is 0 Å². The molecule has 0 spiro atoms. The monoisotopic (exact) mass is 210 g/mol. The van der Waals surface area contributed by atoms with Gasteiger partial charge in [-0.25, -0.2) is 0 Å². The Kier molecular flexibility index (Phi) is 2.83. The first-order valence-corrected chi connectivity index (χ1v) is 3.98. The molecule has 0 fully saturated rings. The normalized spacial score (nSPS) is 11.8. The van der Waals surface area contributed by atoms with E-state index in [0.29, 0.717) is 5.56 Å². The Balaban J connectivity index is 3.24. The number of benzene rings is 1. The molecular formula is C8H8ClF3N+. The number of hydrogen-bond acceptors (Lipinski definition) is 0. The van der Waals surface area contributed by atoms with Gasteiger partial charge in [-0.3, -0.25) is 0 Å². The second kappa shape index (κ2) is 3.55. The summed E-state index contributed by atoms with van der Waals surface area (Å²) in [4.78, 5) is 0. The molecule has 13 heavy (non-hydrogen) atoms. The maximum atomic E-state index is 12.3. The summed E-state index contributed by atoms with van der Waals surface area (Å²) >= 11 is 5.53. The largest absolute Gasteiger partial charge is 0.417 e. The first-order chi connectivity index (χ1) is 5.96. The number of alkyl halides is 3. The molecule has 5 heteroatoms. The van der Waals surface area contributed by atoms with Crippen molar-refractivity contribution in [1.29, 1.82) is 0 Å². The molecule has 0 saturated carbocycles. The van der Waals surface area contributed by atoms with Crippen LogP contribution >= 0.6 is 11.6 Å². The Labute approximate surface area is 78.3 Å². The van der Waals surface area contributed by atoms with Crippen molar-refractivity contribution < 1.29 is 18.9 Å². The summed E-state index contributed by atoms with van der Waals surface area (Å²) in [5.74, 6) is 0. The summed E-state index contributed by atoms with van der Waals surface area (Å²) in [6.07, 6.45) is -4.39. The van der Waals surface area contributed by atoms with Crippen molar-refractivity contribution in [2.75, 3.05) is 0 Å². The number of hydrogen-bond donors (Lipinski definition) is 1. The molecule has 0 radical (unpaired) electrons. The quantitative estimate of drug-likeness (QED) is 0.735. The average Bonchev–Trinajstić information content (AvgIpc) is 2.02. The zero-order valence-corrected chi connectivity index (χ0v) is 7.41. The summed E-state index contributed by atoms with van der Waals surface area (Å²) in [6.45, 7) is 0.253. The third-order valence-corrected chi connectivity index (χ3v) is 2.10. The van der Waals surface area contributed by atoms with E-state index in [1.165, 1.54) is 12.1 Å². The van der Waals surface area contributed by atoms with Crippen molar-refractivity contribution in [3.8, 4) is 0 Å². The van der Waals surface area contributed by atoms with E-state index in [4.69, 9.17) is 11.6 Å². The first-order valence-electron chi connectivity index (χ1n) is 3.60. The predicted octanol–water partition coefficient (Wildman–Crippen LogP) is 2.10. The molecule has 0 aliphatic carbocycles. The van der Waals surface area contributed by atoms with Gasteiger partial charge < -0.3 is 5.73 Å². The van der Waals surface area contributed by atoms with Gasteiger partial charge in [0.05, 0.1) is 10.6 Å². The van der Waals surface area contributed by atoms with Crippen LogP contribution in [0.5, 0.6) is 0 Å². The van der Waals surface area contributed by atoms with Crippen molar-refractivity contribution in [3.05, 3.63) is 34.3 Å². The van der Waals surface area contributed by atoms with Crippen LogP contribution in [0.1, 0.15) is 11.1 Å². The first kappa shape index (κ1) is 10.3. The van der Waals surface area contributed by atoms with Gasteiger partial charge in [-0.15, -0.1) is 0 Å². The SMILES string of the molecule is [NH3+]Cc1cccc(C(F)(F)F)c1Cl. The summed E-state index contributed by atoms with van der Waals surface area (Å²) in [6, 6.07) is 3.82. The van der Waals surface area contributed by atoms with E-state index in [9.17, 15) is 13.2 Å². The lowest BCUT2D eigenvalue weighted by Gasteiger charge is -2.09. The minimum absolute atomic E-state index is 0.245. The van der Waals surface area contributed by atoms with E-state index < -0.39 is 11.7 Å². The van der Waals surface area contributed by atoms with Crippen LogP contribution in [-0.4, -0.2) is 0 Å². The molecule has 1 aromatic carbocycles. The van der Waals surface area contributed by atoms with Crippen molar-refractivity contribution in [3.63, 3.8) is 0 Å². The molecule has 0 aliphatic heterocycles. The minimum atomic E-state index is -4.39. The zero-order chi connectivity index (χ0) is 10.1. The molecule has 3 N–H and O–H groups in total. The summed E-state index contributed by atoms with van der Waals surface area (Å²) in [5, 5.41) is -0.245. The van der Waals surface area contributed by atoms with Crippen LogP contribution in [0, 0.1) is 0 Å². The average molecular weight is 211 g/mol. The number of halogens is 4. The van der Waals surface area contributed by atoms with Crippen molar-refractivity contribution >= 4 is 11.6 Å². The molecule has 0 saturated heterocycles. The topological polar surface area (TPSA) is 27.6 Å². The van der Waals surface area contributed by atoms with Crippen molar-refractivity contribution in [2.24, 2.45) is 0 Å². The highest BCUT2D eigenvalue weighted by atomic mass is 35.5. The number of quaternary nitrogens is 1. The van der Waals surface area contributed by atoms with Crippen molar-refractivity contribution in [1.82, 2.24) is 0 Å². The van der Waals surface area contributed by atoms with Crippen LogP contribution in [0.15, 0.2) is 18.2 Å². The molecule has 0 amide bonds. The van der Waals surface area contributed by atoms with Gasteiger partial charge in [0.1, 0.15) is 6.54 Å². The van der Waals surface area contributed by atoms with Crippen molar-refractivity contribution in [2.45, 2.75) is 12.7 Å². The summed E-state index contributed by atoms with van der Waals surface area (Å²) in [5.41, 5.74) is 3.11. The smallest absolute Gasteiger partial charge is 0.354 e. The molecule has 1 rings (SSSR count). The van der Waals surface area contributed by atoms with Crippen LogP contribution in [0.4, 0.5) is 13.2 Å². The van der Waals surface area contributed by atoms with Crippen LogP contribution < -0.4 is 5.73 Å². The van der Waals surface area contributed by atoms with Gasteiger partial charge in [-0.1, -0.05) is 23.7 Å². The Morgan fingerprint density at radius 2 is 1.92 bits per heavy atom. The maximum absolute atomic E-state index is 12.3. The molecular weight excluding hydrogens is 203 g/mol. The molecule has 1 aromatic rings. The van der Waals surface area contributed by atoms with E-state index in [0.717, 1.165) is 6.07 Å². The third-order valence-electron chi connectivity index (χ3n) is 1.65. The van der Waals surface area contributed by atoms with E-state index in [1.54, 1.807) is 0 Å². The lowest BCUT2D eigenvalue weighted by Crippen LogP contribution is -2.47. The van der Waals surface area contributed by atoms with Gasteiger partial charge in [0, 0.05) is 5.56 Å². The highest BCUT2D eigenvalue weighted by Crippen LogP contribution is 2.35. The summed E-state index contributed by atoms with van der Waals surface area (Å²) in [7, 11) is 0. The molecule has 0 unspecified atom stereocenters. The van der Waals surface area contributed by atoms with Crippen LogP contribution in [0.3, 0.4) is 0 Å².